The van der Waals surface area contributed by atoms with Gasteiger partial charge in [-0.2, -0.15) is 0 Å². The third-order valence-electron chi connectivity index (χ3n) is 4.34. The third kappa shape index (κ3) is 4.99. The summed E-state index contributed by atoms with van der Waals surface area (Å²) in [7, 11) is 4.68. The van der Waals surface area contributed by atoms with Crippen molar-refractivity contribution in [3.05, 3.63) is 58.5 Å². The van der Waals surface area contributed by atoms with Gasteiger partial charge in [-0.3, -0.25) is 9.59 Å². The molecule has 0 fully saturated rings. The maximum absolute atomic E-state index is 12.5. The number of likely N-dealkylation sites (N-methyl/N-ethyl adjacent to an activating group) is 1. The number of carbonyl (C=O) groups is 1. The first kappa shape index (κ1) is 21.6. The second kappa shape index (κ2) is 8.57. The molecular formula is C19H26N4O4S. The Morgan fingerprint density at radius 2 is 1.57 bits per heavy atom. The van der Waals surface area contributed by atoms with E-state index in [0.29, 0.717) is 6.54 Å². The lowest BCUT2D eigenvalue weighted by Crippen LogP contribution is -2.34. The van der Waals surface area contributed by atoms with Gasteiger partial charge in [-0.1, -0.05) is 12.1 Å². The van der Waals surface area contributed by atoms with Crippen LogP contribution in [0.15, 0.2) is 52.3 Å². The number of benzene rings is 1. The zero-order valence-corrected chi connectivity index (χ0v) is 17.6. The number of sulfonamides is 1. The van der Waals surface area contributed by atoms with Crippen LogP contribution in [-0.2, 0) is 27.9 Å². The van der Waals surface area contributed by atoms with Crippen LogP contribution in [0.2, 0.25) is 0 Å². The van der Waals surface area contributed by atoms with Crippen molar-refractivity contribution in [3.8, 4) is 0 Å². The van der Waals surface area contributed by atoms with Crippen LogP contribution in [0.25, 0.3) is 0 Å². The van der Waals surface area contributed by atoms with Crippen molar-refractivity contribution < 1.29 is 13.2 Å². The smallest absolute Gasteiger partial charge is 0.251 e. The van der Waals surface area contributed by atoms with Crippen molar-refractivity contribution in [1.82, 2.24) is 13.8 Å². The van der Waals surface area contributed by atoms with Gasteiger partial charge in [-0.15, -0.1) is 0 Å². The number of aromatic nitrogens is 1. The molecule has 8 nitrogen and oxygen atoms in total. The van der Waals surface area contributed by atoms with E-state index in [9.17, 15) is 18.0 Å². The molecule has 0 N–H and O–H groups in total. The Kier molecular flexibility index (Phi) is 6.63. The molecule has 9 heteroatoms. The molecule has 1 aromatic heterocycles. The fraction of sp³-hybridized carbons (Fsp3) is 0.368. The summed E-state index contributed by atoms with van der Waals surface area (Å²) in [5.41, 5.74) is 1.58. The van der Waals surface area contributed by atoms with Gasteiger partial charge >= 0.3 is 0 Å². The summed E-state index contributed by atoms with van der Waals surface area (Å²) < 4.78 is 26.7. The minimum Gasteiger partial charge on any atom is -0.378 e. The van der Waals surface area contributed by atoms with Gasteiger partial charge < -0.3 is 14.4 Å². The number of hydrogen-bond acceptors (Lipinski definition) is 5. The molecule has 152 valence electrons. The van der Waals surface area contributed by atoms with Crippen LogP contribution >= 0.6 is 0 Å². The van der Waals surface area contributed by atoms with Crippen molar-refractivity contribution in [3.63, 3.8) is 0 Å². The van der Waals surface area contributed by atoms with E-state index >= 15 is 0 Å². The molecule has 2 rings (SSSR count). The van der Waals surface area contributed by atoms with Gasteiger partial charge in [0.25, 0.3) is 5.56 Å². The Morgan fingerprint density at radius 1 is 0.964 bits per heavy atom. The second-order valence-corrected chi connectivity index (χ2v) is 9.08. The van der Waals surface area contributed by atoms with Gasteiger partial charge in [-0.25, -0.2) is 12.7 Å². The zero-order valence-electron chi connectivity index (χ0n) is 16.8. The molecule has 0 aliphatic carbocycles. The number of nitrogens with zero attached hydrogens (tertiary/aromatic N) is 4. The molecule has 2 aromatic rings. The predicted octanol–water partition coefficient (Wildman–Crippen LogP) is 0.823. The first-order valence-corrected chi connectivity index (χ1v) is 10.1. The number of hydrogen-bond donors (Lipinski definition) is 0. The summed E-state index contributed by atoms with van der Waals surface area (Å²) in [6, 6.07) is 10.2. The van der Waals surface area contributed by atoms with Crippen LogP contribution in [0.1, 0.15) is 5.56 Å². The summed E-state index contributed by atoms with van der Waals surface area (Å²) in [6.45, 7) is 0.152. The molecule has 0 aliphatic rings. The number of carbonyl (C=O) groups excluding carboxylic acids is 1. The molecule has 0 atom stereocenters. The van der Waals surface area contributed by atoms with Gasteiger partial charge in [0.15, 0.2) is 0 Å². The lowest BCUT2D eigenvalue weighted by atomic mass is 10.2. The molecule has 0 saturated heterocycles. The Balaban J connectivity index is 2.14. The van der Waals surface area contributed by atoms with E-state index in [-0.39, 0.29) is 17.3 Å². The van der Waals surface area contributed by atoms with E-state index in [4.69, 9.17) is 0 Å². The molecule has 0 spiro atoms. The van der Waals surface area contributed by atoms with Gasteiger partial charge in [-0.05, 0) is 23.8 Å². The van der Waals surface area contributed by atoms with Crippen molar-refractivity contribution >= 4 is 21.6 Å². The average Bonchev–Trinajstić information content (AvgIpc) is 2.63. The standard InChI is InChI=1S/C19H26N4O4S/c1-20(2)16-8-6-15(7-9-16)12-22(5)19(25)14-23-13-17(10-11-18(23)24)28(26,27)21(3)4/h6-11,13H,12,14H2,1-5H3. The van der Waals surface area contributed by atoms with Crippen molar-refractivity contribution in [1.29, 1.82) is 0 Å². The van der Waals surface area contributed by atoms with Crippen molar-refractivity contribution in [2.45, 2.75) is 18.0 Å². The van der Waals surface area contributed by atoms with E-state index in [1.165, 1.54) is 31.3 Å². The summed E-state index contributed by atoms with van der Waals surface area (Å²) >= 11 is 0. The minimum atomic E-state index is -3.69. The summed E-state index contributed by atoms with van der Waals surface area (Å²) in [4.78, 5) is 28.1. The van der Waals surface area contributed by atoms with E-state index in [1.54, 1.807) is 7.05 Å². The quantitative estimate of drug-likeness (QED) is 0.680. The lowest BCUT2D eigenvalue weighted by Gasteiger charge is -2.19. The Hall–Kier alpha value is -2.65. The third-order valence-corrected chi connectivity index (χ3v) is 6.14. The lowest BCUT2D eigenvalue weighted by molar-refractivity contribution is -0.131. The minimum absolute atomic E-state index is 0.0353. The molecule has 0 bridgehead atoms. The summed E-state index contributed by atoms with van der Waals surface area (Å²) in [5, 5.41) is 0. The summed E-state index contributed by atoms with van der Waals surface area (Å²) in [6.07, 6.45) is 1.20. The highest BCUT2D eigenvalue weighted by Gasteiger charge is 2.19. The SMILES string of the molecule is CN(Cc1ccc(N(C)C)cc1)C(=O)Cn1cc(S(=O)(=O)N(C)C)ccc1=O. The van der Waals surface area contributed by atoms with Gasteiger partial charge in [0.1, 0.15) is 6.54 Å². The Morgan fingerprint density at radius 3 is 2.11 bits per heavy atom. The first-order chi connectivity index (χ1) is 13.0. The van der Waals surface area contributed by atoms with E-state index in [1.807, 2.05) is 43.3 Å². The largest absolute Gasteiger partial charge is 0.378 e. The van der Waals surface area contributed by atoms with E-state index < -0.39 is 15.6 Å². The molecule has 0 radical (unpaired) electrons. The van der Waals surface area contributed by atoms with E-state index in [2.05, 4.69) is 0 Å². The zero-order chi connectivity index (χ0) is 21.1. The summed E-state index contributed by atoms with van der Waals surface area (Å²) in [5.74, 6) is -0.293. The molecule has 0 unspecified atom stereocenters. The fourth-order valence-electron chi connectivity index (χ4n) is 2.52. The topological polar surface area (TPSA) is 82.9 Å². The average molecular weight is 407 g/mol. The van der Waals surface area contributed by atoms with Gasteiger partial charge in [0, 0.05) is 59.7 Å². The monoisotopic (exact) mass is 406 g/mol. The molecule has 0 aliphatic heterocycles. The molecule has 28 heavy (non-hydrogen) atoms. The van der Waals surface area contributed by atoms with Crippen LogP contribution in [0.5, 0.6) is 0 Å². The van der Waals surface area contributed by atoms with Crippen molar-refractivity contribution in [2.75, 3.05) is 40.1 Å². The normalized spacial score (nSPS) is 11.5. The number of rotatable bonds is 7. The highest BCUT2D eigenvalue weighted by atomic mass is 32.2. The maximum atomic E-state index is 12.5. The van der Waals surface area contributed by atoms with Crippen LogP contribution in [-0.4, -0.2) is 63.3 Å². The Bertz CT molecular complexity index is 995. The van der Waals surface area contributed by atoms with Crippen LogP contribution in [0, 0.1) is 0 Å². The first-order valence-electron chi connectivity index (χ1n) is 8.65. The van der Waals surface area contributed by atoms with Gasteiger partial charge in [0.2, 0.25) is 15.9 Å². The second-order valence-electron chi connectivity index (χ2n) is 6.93. The van der Waals surface area contributed by atoms with Crippen LogP contribution in [0.4, 0.5) is 5.69 Å². The highest BCUT2D eigenvalue weighted by Crippen LogP contribution is 2.14. The molecular weight excluding hydrogens is 380 g/mol. The van der Waals surface area contributed by atoms with Gasteiger partial charge in [0.05, 0.1) is 4.90 Å². The van der Waals surface area contributed by atoms with Crippen LogP contribution in [0.3, 0.4) is 0 Å². The Labute approximate surface area is 165 Å². The molecule has 1 amide bonds. The molecule has 0 saturated carbocycles. The highest BCUT2D eigenvalue weighted by molar-refractivity contribution is 7.89. The predicted molar refractivity (Wildman–Crippen MR) is 109 cm³/mol. The number of pyridine rings is 1. The van der Waals surface area contributed by atoms with Crippen molar-refractivity contribution in [2.24, 2.45) is 0 Å². The molecule has 1 heterocycles. The van der Waals surface area contributed by atoms with E-state index in [0.717, 1.165) is 26.2 Å². The number of amides is 1. The van der Waals surface area contributed by atoms with Crippen LogP contribution < -0.4 is 10.5 Å². The maximum Gasteiger partial charge on any atom is 0.251 e. The number of anilines is 1. The molecule has 1 aromatic carbocycles. The fourth-order valence-corrected chi connectivity index (χ4v) is 3.45.